The van der Waals surface area contributed by atoms with Gasteiger partial charge in [-0.05, 0) is 64.7 Å². The fraction of sp³-hybridized carbons (Fsp3) is 0.432. The van der Waals surface area contributed by atoms with Gasteiger partial charge in [0.15, 0.2) is 5.71 Å². The van der Waals surface area contributed by atoms with Crippen molar-refractivity contribution in [2.75, 3.05) is 29.5 Å². The number of benzene rings is 2. The van der Waals surface area contributed by atoms with E-state index in [0.29, 0.717) is 38.8 Å². The molecule has 0 bridgehead atoms. The Bertz CT molecular complexity index is 1860. The Kier molecular flexibility index (Phi) is 11.2. The van der Waals surface area contributed by atoms with Crippen LogP contribution in [0.5, 0.6) is 0 Å². The Labute approximate surface area is 281 Å². The molecule has 2 aliphatic rings. The van der Waals surface area contributed by atoms with E-state index in [0.717, 1.165) is 28.4 Å². The van der Waals surface area contributed by atoms with Gasteiger partial charge in [-0.25, -0.2) is 0 Å². The Hall–Kier alpha value is -3.31. The van der Waals surface area contributed by atoms with Crippen molar-refractivity contribution in [1.82, 2.24) is 0 Å². The quantitative estimate of drug-likeness (QED) is 0.0922. The normalized spacial score (nSPS) is 18.6. The number of anilines is 1. The fourth-order valence-corrected chi connectivity index (χ4v) is 7.80. The van der Waals surface area contributed by atoms with Crippen LogP contribution in [0.15, 0.2) is 90.2 Å². The lowest BCUT2D eigenvalue weighted by atomic mass is 9.81. The number of allylic oxidation sites excluding steroid dienone is 8. The second-order valence-corrected chi connectivity index (χ2v) is 16.8. The first-order valence-corrected chi connectivity index (χ1v) is 19.4. The standard InChI is InChI=1S/C37H48N2O6S2/c1-28(15-13-19-34-36(3,4)30-17-7-8-18-32(30)38(34)23-9-11-25-46(40,41)42)16-14-20-35-37(5,6)31-27-29(2)21-22-33(31)39(35)24-10-12-26-47(43,44)45/h7-8,13-22,27H,9-12,23-26H2,1-6H3,(H-,40,41,42,43,44,45)/p+1. The molecular weight excluding hydrogens is 633 g/mol. The first-order valence-electron chi connectivity index (χ1n) is 16.2. The zero-order chi connectivity index (χ0) is 34.6. The number of rotatable bonds is 14. The summed E-state index contributed by atoms with van der Waals surface area (Å²) >= 11 is 0. The van der Waals surface area contributed by atoms with Crippen molar-refractivity contribution in [2.45, 2.75) is 78.1 Å². The summed E-state index contributed by atoms with van der Waals surface area (Å²) in [5.74, 6) is -0.480. The predicted octanol–water partition coefficient (Wildman–Crippen LogP) is 7.45. The van der Waals surface area contributed by atoms with Crippen molar-refractivity contribution in [3.8, 4) is 0 Å². The fourth-order valence-electron chi connectivity index (χ4n) is 6.66. The largest absolute Gasteiger partial charge is 0.344 e. The summed E-state index contributed by atoms with van der Waals surface area (Å²) in [5.41, 5.74) is 8.75. The number of fused-ring (bicyclic) bond motifs is 2. The highest BCUT2D eigenvalue weighted by Gasteiger charge is 2.44. The zero-order valence-electron chi connectivity index (χ0n) is 28.4. The number of para-hydroxylation sites is 1. The van der Waals surface area contributed by atoms with Crippen LogP contribution < -0.4 is 4.90 Å². The van der Waals surface area contributed by atoms with Gasteiger partial charge < -0.3 is 4.90 Å². The van der Waals surface area contributed by atoms with E-state index in [1.807, 2.05) is 12.1 Å². The van der Waals surface area contributed by atoms with Crippen LogP contribution >= 0.6 is 0 Å². The van der Waals surface area contributed by atoms with Crippen molar-refractivity contribution >= 4 is 37.3 Å². The van der Waals surface area contributed by atoms with E-state index in [-0.39, 0.29) is 22.3 Å². The lowest BCUT2D eigenvalue weighted by Crippen LogP contribution is -2.28. The van der Waals surface area contributed by atoms with Gasteiger partial charge in [-0.2, -0.15) is 21.4 Å². The number of aryl methyl sites for hydroxylation is 1. The summed E-state index contributed by atoms with van der Waals surface area (Å²) in [6.45, 7) is 14.3. The zero-order valence-corrected chi connectivity index (χ0v) is 30.0. The summed E-state index contributed by atoms with van der Waals surface area (Å²) in [7, 11) is -7.96. The van der Waals surface area contributed by atoms with Crippen LogP contribution in [-0.2, 0) is 31.1 Å². The molecule has 0 fully saturated rings. The highest BCUT2D eigenvalue weighted by Crippen LogP contribution is 2.48. The van der Waals surface area contributed by atoms with Gasteiger partial charge >= 0.3 is 0 Å². The molecule has 2 N–H and O–H groups in total. The van der Waals surface area contributed by atoms with Crippen LogP contribution in [0.3, 0.4) is 0 Å². The van der Waals surface area contributed by atoms with Crippen LogP contribution in [0.1, 0.15) is 77.0 Å². The van der Waals surface area contributed by atoms with E-state index in [1.54, 1.807) is 0 Å². The third-order valence-electron chi connectivity index (χ3n) is 9.14. The van der Waals surface area contributed by atoms with Crippen molar-refractivity contribution in [3.63, 3.8) is 0 Å². The summed E-state index contributed by atoms with van der Waals surface area (Å²) in [5, 5.41) is 0. The molecule has 8 nitrogen and oxygen atoms in total. The van der Waals surface area contributed by atoms with E-state index in [9.17, 15) is 21.4 Å². The molecule has 0 aromatic heterocycles. The number of hydrogen-bond donors (Lipinski definition) is 2. The Balaban J connectivity index is 1.55. The molecule has 2 aromatic carbocycles. The van der Waals surface area contributed by atoms with Crippen molar-refractivity contribution < 1.29 is 30.5 Å². The van der Waals surface area contributed by atoms with Gasteiger partial charge in [0.2, 0.25) is 5.69 Å². The average Bonchev–Trinajstić information content (AvgIpc) is 3.31. The molecule has 0 radical (unpaired) electrons. The second kappa shape index (κ2) is 14.4. The molecule has 0 saturated heterocycles. The molecule has 0 aliphatic carbocycles. The molecular formula is C37H49N2O6S2+. The summed E-state index contributed by atoms with van der Waals surface area (Å²) in [6, 6.07) is 14.7. The maximum absolute atomic E-state index is 11.3. The minimum atomic E-state index is -3.98. The maximum Gasteiger partial charge on any atom is 0.264 e. The molecule has 2 heterocycles. The Morgan fingerprint density at radius 2 is 1.51 bits per heavy atom. The van der Waals surface area contributed by atoms with E-state index in [4.69, 9.17) is 4.55 Å². The SMILES string of the molecule is CC(C=C/C=C1/N(CCCCS(=O)(=O)O)c2ccc(C)cc2C1(C)C)=CC=CC1=[N+](CCCCS(=O)(=O)O)c2ccccc2C1(C)C. The third kappa shape index (κ3) is 8.99. The maximum atomic E-state index is 11.3. The van der Waals surface area contributed by atoms with Crippen LogP contribution in [0.4, 0.5) is 11.4 Å². The molecule has 0 saturated carbocycles. The van der Waals surface area contributed by atoms with Gasteiger partial charge in [-0.15, -0.1) is 0 Å². The second-order valence-electron chi connectivity index (χ2n) is 13.6. The Morgan fingerprint density at radius 3 is 2.19 bits per heavy atom. The number of unbranched alkanes of at least 4 members (excludes halogenated alkanes) is 2. The molecule has 0 unspecified atom stereocenters. The third-order valence-corrected chi connectivity index (χ3v) is 10.8. The average molecular weight is 682 g/mol. The van der Waals surface area contributed by atoms with Crippen LogP contribution in [0, 0.1) is 6.92 Å². The van der Waals surface area contributed by atoms with E-state index in [2.05, 4.69) is 118 Å². The monoisotopic (exact) mass is 681 g/mol. The summed E-state index contributed by atoms with van der Waals surface area (Å²) in [4.78, 5) is 2.27. The predicted molar refractivity (Wildman–Crippen MR) is 192 cm³/mol. The molecule has 0 spiro atoms. The van der Waals surface area contributed by atoms with E-state index in [1.165, 1.54) is 16.7 Å². The van der Waals surface area contributed by atoms with E-state index < -0.39 is 20.2 Å². The lowest BCUT2D eigenvalue weighted by molar-refractivity contribution is -0.438. The van der Waals surface area contributed by atoms with E-state index >= 15 is 0 Å². The first kappa shape index (κ1) is 36.5. The summed E-state index contributed by atoms with van der Waals surface area (Å²) in [6.07, 6.45) is 14.6. The molecule has 0 atom stereocenters. The molecule has 4 rings (SSSR count). The van der Waals surface area contributed by atoms with Crippen molar-refractivity contribution in [2.24, 2.45) is 0 Å². The summed E-state index contributed by atoms with van der Waals surface area (Å²) < 4.78 is 65.5. The highest BCUT2D eigenvalue weighted by molar-refractivity contribution is 7.86. The molecule has 2 aromatic rings. The molecule has 0 amide bonds. The molecule has 254 valence electrons. The molecule has 10 heteroatoms. The van der Waals surface area contributed by atoms with Gasteiger partial charge in [0.25, 0.3) is 20.2 Å². The van der Waals surface area contributed by atoms with Crippen molar-refractivity contribution in [3.05, 3.63) is 107 Å². The van der Waals surface area contributed by atoms with Gasteiger partial charge in [-0.3, -0.25) is 9.11 Å². The minimum Gasteiger partial charge on any atom is -0.344 e. The highest BCUT2D eigenvalue weighted by atomic mass is 32.2. The topological polar surface area (TPSA) is 115 Å². The van der Waals surface area contributed by atoms with Crippen LogP contribution in [-0.4, -0.2) is 60.8 Å². The lowest BCUT2D eigenvalue weighted by Gasteiger charge is -2.27. The smallest absolute Gasteiger partial charge is 0.264 e. The van der Waals surface area contributed by atoms with Crippen molar-refractivity contribution in [1.29, 1.82) is 0 Å². The van der Waals surface area contributed by atoms with Gasteiger partial charge in [0.05, 0.1) is 16.9 Å². The van der Waals surface area contributed by atoms with Gasteiger partial charge in [0.1, 0.15) is 6.54 Å². The van der Waals surface area contributed by atoms with Gasteiger partial charge in [0, 0.05) is 47.5 Å². The molecule has 2 aliphatic heterocycles. The molecule has 47 heavy (non-hydrogen) atoms. The van der Waals surface area contributed by atoms with Crippen LogP contribution in [0.25, 0.3) is 0 Å². The first-order chi connectivity index (χ1) is 21.9. The Morgan fingerprint density at radius 1 is 0.851 bits per heavy atom. The van der Waals surface area contributed by atoms with Gasteiger partial charge in [-0.1, -0.05) is 79.6 Å². The number of hydrogen-bond acceptors (Lipinski definition) is 5. The van der Waals surface area contributed by atoms with Crippen LogP contribution in [0.2, 0.25) is 0 Å². The minimum absolute atomic E-state index is 0.232. The number of nitrogens with zero attached hydrogens (tertiary/aromatic N) is 2.